The number of aryl methyl sites for hydroxylation is 2. The number of ether oxygens (including phenoxy) is 2. The summed E-state index contributed by atoms with van der Waals surface area (Å²) in [6.07, 6.45) is 0.406. The first kappa shape index (κ1) is 31.1. The predicted molar refractivity (Wildman–Crippen MR) is 157 cm³/mol. The van der Waals surface area contributed by atoms with Crippen molar-refractivity contribution in [3.63, 3.8) is 0 Å². The van der Waals surface area contributed by atoms with Crippen molar-refractivity contribution >= 4 is 16.0 Å². The van der Waals surface area contributed by atoms with E-state index < -0.39 is 27.7 Å². The van der Waals surface area contributed by atoms with Crippen LogP contribution in [0.2, 0.25) is 0 Å². The van der Waals surface area contributed by atoms with Crippen LogP contribution in [-0.2, 0) is 37.7 Å². The Hall–Kier alpha value is -3.37. The lowest BCUT2D eigenvalue weighted by atomic mass is 9.66. The van der Waals surface area contributed by atoms with Crippen LogP contribution in [0.15, 0.2) is 59.5 Å². The van der Waals surface area contributed by atoms with Crippen molar-refractivity contribution in [2.75, 3.05) is 19.8 Å². The molecule has 2 aliphatic rings. The number of nitrogens with zero attached hydrogens (tertiary/aromatic N) is 1. The minimum atomic E-state index is -4.42. The van der Waals surface area contributed by atoms with Gasteiger partial charge in [-0.15, -0.1) is 0 Å². The molecule has 1 aliphatic heterocycles. The smallest absolute Gasteiger partial charge is 0.416 e. The van der Waals surface area contributed by atoms with Gasteiger partial charge in [0.15, 0.2) is 6.61 Å². The van der Waals surface area contributed by atoms with Crippen LogP contribution in [0.5, 0.6) is 5.75 Å². The van der Waals surface area contributed by atoms with Crippen LogP contribution in [0.4, 0.5) is 13.2 Å². The summed E-state index contributed by atoms with van der Waals surface area (Å²) in [5, 5.41) is 0. The molecular formula is C33H36F3NO5S. The van der Waals surface area contributed by atoms with Crippen molar-refractivity contribution in [2.45, 2.75) is 75.9 Å². The number of benzene rings is 3. The number of hydrogen-bond acceptors (Lipinski definition) is 5. The number of halogens is 3. The first-order valence-corrected chi connectivity index (χ1v) is 16.0. The molecule has 1 aliphatic carbocycles. The monoisotopic (exact) mass is 615 g/mol. The Labute approximate surface area is 250 Å². The highest BCUT2D eigenvalue weighted by atomic mass is 32.2. The number of esters is 1. The van der Waals surface area contributed by atoms with Gasteiger partial charge in [-0.05, 0) is 97.3 Å². The molecule has 1 heterocycles. The van der Waals surface area contributed by atoms with Gasteiger partial charge in [0.1, 0.15) is 5.75 Å². The third-order valence-corrected chi connectivity index (χ3v) is 10.5. The summed E-state index contributed by atoms with van der Waals surface area (Å²) < 4.78 is 80.0. The predicted octanol–water partition coefficient (Wildman–Crippen LogP) is 7.34. The molecule has 5 rings (SSSR count). The van der Waals surface area contributed by atoms with E-state index in [9.17, 15) is 26.4 Å². The molecule has 0 aromatic heterocycles. The lowest BCUT2D eigenvalue weighted by Crippen LogP contribution is -2.49. The highest BCUT2D eigenvalue weighted by Gasteiger charge is 2.44. The van der Waals surface area contributed by atoms with Crippen molar-refractivity contribution in [3.05, 3.63) is 82.4 Å². The fourth-order valence-corrected chi connectivity index (χ4v) is 8.24. The maximum atomic E-state index is 14.2. The second-order valence-corrected chi connectivity index (χ2v) is 13.4. The fraction of sp³-hybridized carbons (Fsp3) is 0.424. The van der Waals surface area contributed by atoms with Gasteiger partial charge < -0.3 is 9.47 Å². The molecule has 0 radical (unpaired) electrons. The van der Waals surface area contributed by atoms with Crippen molar-refractivity contribution < 1.29 is 35.9 Å². The molecule has 1 fully saturated rings. The van der Waals surface area contributed by atoms with Crippen LogP contribution in [-0.4, -0.2) is 38.5 Å². The minimum Gasteiger partial charge on any atom is -0.482 e. The first-order valence-electron chi connectivity index (χ1n) is 14.5. The standard InChI is InChI=1S/C33H36F3NO5S/c1-4-41-31(38)20-42-29-16-23(3)30(17-22(29)2)43(39,40)37-19-26-18-25(24-8-11-27(12-9-24)33(34,35)36)10-13-28(26)32(21-37)14-6-5-7-15-32/h8-13,16-18H,4-7,14-15,19-21H2,1-3H3. The zero-order chi connectivity index (χ0) is 31.0. The summed E-state index contributed by atoms with van der Waals surface area (Å²) in [6.45, 7) is 5.65. The van der Waals surface area contributed by atoms with Gasteiger partial charge in [-0.2, -0.15) is 17.5 Å². The quantitative estimate of drug-likeness (QED) is 0.260. The van der Waals surface area contributed by atoms with Gasteiger partial charge in [0, 0.05) is 18.5 Å². The highest BCUT2D eigenvalue weighted by Crippen LogP contribution is 2.47. The average molecular weight is 616 g/mol. The van der Waals surface area contributed by atoms with Gasteiger partial charge in [0.25, 0.3) is 0 Å². The number of carbonyl (C=O) groups is 1. The molecule has 3 aromatic carbocycles. The van der Waals surface area contributed by atoms with Crippen LogP contribution < -0.4 is 4.74 Å². The molecule has 6 nitrogen and oxygen atoms in total. The van der Waals surface area contributed by atoms with E-state index in [1.54, 1.807) is 37.2 Å². The van der Waals surface area contributed by atoms with E-state index in [-0.39, 0.29) is 30.1 Å². The number of rotatable bonds is 7. The van der Waals surface area contributed by atoms with Crippen LogP contribution in [0.1, 0.15) is 66.8 Å². The van der Waals surface area contributed by atoms with E-state index in [1.165, 1.54) is 12.1 Å². The SMILES string of the molecule is CCOC(=O)COc1cc(C)c(S(=O)(=O)N2Cc3cc(-c4ccc(C(F)(F)F)cc4)ccc3C3(CCCCC3)C2)cc1C. The molecule has 0 atom stereocenters. The van der Waals surface area contributed by atoms with Gasteiger partial charge in [0.2, 0.25) is 10.0 Å². The lowest BCUT2D eigenvalue weighted by Gasteiger charge is -2.46. The summed E-state index contributed by atoms with van der Waals surface area (Å²) in [5.74, 6) is -0.0879. The van der Waals surface area contributed by atoms with Crippen molar-refractivity contribution in [1.82, 2.24) is 4.31 Å². The van der Waals surface area contributed by atoms with E-state index >= 15 is 0 Å². The van der Waals surface area contributed by atoms with Crippen molar-refractivity contribution in [3.8, 4) is 16.9 Å². The molecule has 230 valence electrons. The number of fused-ring (bicyclic) bond motifs is 2. The normalized spacial score (nSPS) is 17.0. The van der Waals surface area contributed by atoms with E-state index in [0.29, 0.717) is 29.0 Å². The van der Waals surface area contributed by atoms with E-state index in [4.69, 9.17) is 9.47 Å². The van der Waals surface area contributed by atoms with Gasteiger partial charge in [0.05, 0.1) is 17.1 Å². The summed E-state index contributed by atoms with van der Waals surface area (Å²) in [7, 11) is -3.93. The Morgan fingerprint density at radius 2 is 1.60 bits per heavy atom. The summed E-state index contributed by atoms with van der Waals surface area (Å²) >= 11 is 0. The Bertz CT molecular complexity index is 1610. The van der Waals surface area contributed by atoms with Gasteiger partial charge >= 0.3 is 12.1 Å². The molecule has 0 N–H and O–H groups in total. The van der Waals surface area contributed by atoms with Crippen molar-refractivity contribution in [1.29, 1.82) is 0 Å². The van der Waals surface area contributed by atoms with E-state index in [0.717, 1.165) is 60.9 Å². The van der Waals surface area contributed by atoms with Crippen LogP contribution in [0.3, 0.4) is 0 Å². The first-order chi connectivity index (χ1) is 20.3. The van der Waals surface area contributed by atoms with E-state index in [1.807, 2.05) is 18.2 Å². The van der Waals surface area contributed by atoms with Gasteiger partial charge in [-0.1, -0.05) is 43.5 Å². The fourth-order valence-electron chi connectivity index (χ4n) is 6.44. The number of sulfonamides is 1. The zero-order valence-electron chi connectivity index (χ0n) is 24.6. The second kappa shape index (κ2) is 12.0. The topological polar surface area (TPSA) is 72.9 Å². The molecule has 0 unspecified atom stereocenters. The molecule has 43 heavy (non-hydrogen) atoms. The summed E-state index contributed by atoms with van der Waals surface area (Å²) in [5.41, 5.74) is 3.43. The Balaban J connectivity index is 1.49. The van der Waals surface area contributed by atoms with Crippen LogP contribution in [0.25, 0.3) is 11.1 Å². The Morgan fingerprint density at radius 3 is 2.26 bits per heavy atom. The second-order valence-electron chi connectivity index (χ2n) is 11.5. The summed E-state index contributed by atoms with van der Waals surface area (Å²) in [4.78, 5) is 11.9. The number of alkyl halides is 3. The minimum absolute atomic E-state index is 0.160. The van der Waals surface area contributed by atoms with Gasteiger partial charge in [-0.25, -0.2) is 13.2 Å². The molecule has 0 amide bonds. The Kier molecular flexibility index (Phi) is 8.64. The van der Waals surface area contributed by atoms with Crippen LogP contribution in [0, 0.1) is 13.8 Å². The van der Waals surface area contributed by atoms with Crippen molar-refractivity contribution in [2.24, 2.45) is 0 Å². The number of hydrogen-bond donors (Lipinski definition) is 0. The largest absolute Gasteiger partial charge is 0.482 e. The molecule has 1 spiro atoms. The zero-order valence-corrected chi connectivity index (χ0v) is 25.4. The average Bonchev–Trinajstić information content (AvgIpc) is 2.97. The molecular weight excluding hydrogens is 579 g/mol. The van der Waals surface area contributed by atoms with Crippen LogP contribution >= 0.6 is 0 Å². The van der Waals surface area contributed by atoms with E-state index in [2.05, 4.69) is 0 Å². The third-order valence-electron chi connectivity index (χ3n) is 8.60. The highest BCUT2D eigenvalue weighted by molar-refractivity contribution is 7.89. The summed E-state index contributed by atoms with van der Waals surface area (Å²) in [6, 6.07) is 14.2. The molecule has 3 aromatic rings. The third kappa shape index (κ3) is 6.31. The molecule has 0 bridgehead atoms. The Morgan fingerprint density at radius 1 is 0.930 bits per heavy atom. The maximum absolute atomic E-state index is 14.2. The molecule has 0 saturated heterocycles. The lowest BCUT2D eigenvalue weighted by molar-refractivity contribution is -0.145. The molecule has 10 heteroatoms. The van der Waals surface area contributed by atoms with Gasteiger partial charge in [-0.3, -0.25) is 0 Å². The maximum Gasteiger partial charge on any atom is 0.416 e. The number of carbonyl (C=O) groups excluding carboxylic acids is 1. The molecule has 1 saturated carbocycles.